The fourth-order valence-electron chi connectivity index (χ4n) is 0.615. The maximum Gasteiger partial charge on any atom is 0.333 e. The van der Waals surface area contributed by atoms with Crippen molar-refractivity contribution in [1.82, 2.24) is 0 Å². The Kier molecular flexibility index (Phi) is 4.05. The van der Waals surface area contributed by atoms with E-state index in [9.17, 15) is 4.79 Å². The van der Waals surface area contributed by atoms with Crippen LogP contribution in [0.4, 0.5) is 0 Å². The maximum absolute atomic E-state index is 10.9. The molecule has 1 atom stereocenters. The lowest BCUT2D eigenvalue weighted by atomic mass is 10.5. The molecule has 0 radical (unpaired) electrons. The minimum absolute atomic E-state index is 0.103. The zero-order valence-corrected chi connectivity index (χ0v) is 7.27. The predicted molar refractivity (Wildman–Crippen MR) is 46.0 cm³/mol. The second-order valence-corrected chi connectivity index (χ2v) is 2.51. The molecule has 1 aliphatic heterocycles. The minimum atomic E-state index is -0.417. The van der Waals surface area contributed by atoms with E-state index in [1.165, 1.54) is 12.3 Å². The van der Waals surface area contributed by atoms with E-state index >= 15 is 0 Å². The average molecular weight is 184 g/mol. The number of ether oxygens (including phenoxy) is 3. The number of rotatable bonds is 6. The van der Waals surface area contributed by atoms with E-state index in [4.69, 9.17) is 14.2 Å². The molecule has 0 aromatic heterocycles. The molecule has 0 bridgehead atoms. The summed E-state index contributed by atoms with van der Waals surface area (Å²) in [7, 11) is 0. The van der Waals surface area contributed by atoms with Gasteiger partial charge in [0.25, 0.3) is 0 Å². The molecular formula is C9H12O4. The lowest BCUT2D eigenvalue weighted by Crippen LogP contribution is -2.06. The van der Waals surface area contributed by atoms with Gasteiger partial charge in [0, 0.05) is 0 Å². The second-order valence-electron chi connectivity index (χ2n) is 2.51. The molecule has 1 rings (SSSR count). The van der Waals surface area contributed by atoms with E-state index in [1.807, 2.05) is 0 Å². The molecule has 0 aliphatic carbocycles. The molecule has 0 spiro atoms. The van der Waals surface area contributed by atoms with Gasteiger partial charge in [-0.15, -0.1) is 0 Å². The Morgan fingerprint density at radius 2 is 2.46 bits per heavy atom. The molecule has 4 heteroatoms. The summed E-state index contributed by atoms with van der Waals surface area (Å²) in [6, 6.07) is 0. The Morgan fingerprint density at radius 3 is 3.08 bits per heavy atom. The number of epoxide rings is 1. The van der Waals surface area contributed by atoms with E-state index in [1.54, 1.807) is 6.08 Å². The lowest BCUT2D eigenvalue weighted by molar-refractivity contribution is -0.138. The van der Waals surface area contributed by atoms with Crippen molar-refractivity contribution in [1.29, 1.82) is 0 Å². The van der Waals surface area contributed by atoms with Crippen molar-refractivity contribution in [2.24, 2.45) is 0 Å². The third-order valence-corrected chi connectivity index (χ3v) is 1.33. The van der Waals surface area contributed by atoms with Gasteiger partial charge >= 0.3 is 5.97 Å². The zero-order valence-electron chi connectivity index (χ0n) is 7.27. The summed E-state index contributed by atoms with van der Waals surface area (Å²) < 4.78 is 14.5. The molecule has 1 fully saturated rings. The molecule has 0 aromatic rings. The van der Waals surface area contributed by atoms with Crippen LogP contribution in [0.5, 0.6) is 0 Å². The summed E-state index contributed by atoms with van der Waals surface area (Å²) in [6.07, 6.45) is 4.21. The summed E-state index contributed by atoms with van der Waals surface area (Å²) in [5.74, 6) is -0.417. The van der Waals surface area contributed by atoms with Crippen LogP contribution in [0.2, 0.25) is 0 Å². The smallest absolute Gasteiger partial charge is 0.333 e. The highest BCUT2D eigenvalue weighted by molar-refractivity contribution is 5.81. The van der Waals surface area contributed by atoms with E-state index in [0.29, 0.717) is 19.8 Å². The summed E-state index contributed by atoms with van der Waals surface area (Å²) >= 11 is 0. The molecule has 13 heavy (non-hydrogen) atoms. The Bertz CT molecular complexity index is 206. The summed E-state index contributed by atoms with van der Waals surface area (Å²) in [4.78, 5) is 10.9. The average Bonchev–Trinajstić information content (AvgIpc) is 2.92. The first-order valence-corrected chi connectivity index (χ1v) is 4.00. The highest BCUT2D eigenvalue weighted by Gasteiger charge is 2.23. The van der Waals surface area contributed by atoms with Crippen LogP contribution in [0.15, 0.2) is 25.0 Å². The lowest BCUT2D eigenvalue weighted by Gasteiger charge is -1.97. The normalized spacial score (nSPS) is 19.8. The van der Waals surface area contributed by atoms with Crippen molar-refractivity contribution in [3.05, 3.63) is 25.0 Å². The Balaban J connectivity index is 2.01. The van der Waals surface area contributed by atoms with Crippen molar-refractivity contribution in [3.8, 4) is 0 Å². The monoisotopic (exact) mass is 184 g/mol. The number of hydrogen-bond acceptors (Lipinski definition) is 4. The van der Waals surface area contributed by atoms with Gasteiger partial charge in [0.05, 0.1) is 18.9 Å². The van der Waals surface area contributed by atoms with Crippen LogP contribution >= 0.6 is 0 Å². The standard InChI is InChI=1S/C9H12O4/c1-2-4-11-5-3-9(10)13-7-8-6-12-8/h2-3,5,8H,1,4,6-7H2. The molecule has 0 saturated carbocycles. The number of carbonyl (C=O) groups is 1. The van der Waals surface area contributed by atoms with E-state index < -0.39 is 5.97 Å². The van der Waals surface area contributed by atoms with Gasteiger partial charge in [-0.3, -0.25) is 0 Å². The van der Waals surface area contributed by atoms with Gasteiger partial charge in [-0.05, 0) is 0 Å². The number of hydrogen-bond donors (Lipinski definition) is 0. The van der Waals surface area contributed by atoms with Gasteiger partial charge in [-0.2, -0.15) is 0 Å². The van der Waals surface area contributed by atoms with Crippen LogP contribution in [0, 0.1) is 0 Å². The first-order valence-electron chi connectivity index (χ1n) is 4.00. The molecule has 0 amide bonds. The highest BCUT2D eigenvalue weighted by atomic mass is 16.6. The molecule has 4 nitrogen and oxygen atoms in total. The van der Waals surface area contributed by atoms with Crippen LogP contribution in [-0.4, -0.2) is 31.9 Å². The van der Waals surface area contributed by atoms with Crippen LogP contribution in [-0.2, 0) is 19.0 Å². The fraction of sp³-hybridized carbons (Fsp3) is 0.444. The summed E-state index contributed by atoms with van der Waals surface area (Å²) in [6.45, 7) is 4.85. The number of esters is 1. The first-order chi connectivity index (χ1) is 6.33. The predicted octanol–water partition coefficient (Wildman–Crippen LogP) is 0.645. The highest BCUT2D eigenvalue weighted by Crippen LogP contribution is 2.08. The maximum atomic E-state index is 10.9. The second kappa shape index (κ2) is 5.37. The number of carbonyl (C=O) groups excluding carboxylic acids is 1. The van der Waals surface area contributed by atoms with Crippen LogP contribution in [0.3, 0.4) is 0 Å². The van der Waals surface area contributed by atoms with Crippen molar-refractivity contribution < 1.29 is 19.0 Å². The SMILES string of the molecule is C=CCOC=CC(=O)OCC1CO1. The van der Waals surface area contributed by atoms with Gasteiger partial charge in [0.15, 0.2) is 0 Å². The van der Waals surface area contributed by atoms with Crippen molar-refractivity contribution >= 4 is 5.97 Å². The van der Waals surface area contributed by atoms with E-state index in [2.05, 4.69) is 6.58 Å². The van der Waals surface area contributed by atoms with Crippen LogP contribution in [0.25, 0.3) is 0 Å². The first kappa shape index (κ1) is 9.80. The molecule has 0 N–H and O–H groups in total. The molecule has 72 valence electrons. The summed E-state index contributed by atoms with van der Waals surface area (Å²) in [5, 5.41) is 0. The molecule has 1 saturated heterocycles. The summed E-state index contributed by atoms with van der Waals surface area (Å²) in [5.41, 5.74) is 0. The van der Waals surface area contributed by atoms with Gasteiger partial charge in [-0.25, -0.2) is 4.79 Å². The minimum Gasteiger partial charge on any atom is -0.497 e. The third kappa shape index (κ3) is 5.03. The zero-order chi connectivity index (χ0) is 9.52. The van der Waals surface area contributed by atoms with Crippen LogP contribution < -0.4 is 0 Å². The van der Waals surface area contributed by atoms with Crippen molar-refractivity contribution in [3.63, 3.8) is 0 Å². The topological polar surface area (TPSA) is 48.1 Å². The van der Waals surface area contributed by atoms with Gasteiger partial charge < -0.3 is 14.2 Å². The molecule has 0 aromatic carbocycles. The van der Waals surface area contributed by atoms with E-state index in [0.717, 1.165) is 0 Å². The molecule has 1 unspecified atom stereocenters. The fourth-order valence-corrected chi connectivity index (χ4v) is 0.615. The Morgan fingerprint density at radius 1 is 1.69 bits per heavy atom. The quantitative estimate of drug-likeness (QED) is 0.152. The molecule has 1 aliphatic rings. The van der Waals surface area contributed by atoms with Crippen LogP contribution in [0.1, 0.15) is 0 Å². The van der Waals surface area contributed by atoms with E-state index in [-0.39, 0.29) is 6.10 Å². The molecule has 1 heterocycles. The third-order valence-electron chi connectivity index (χ3n) is 1.33. The van der Waals surface area contributed by atoms with Crippen molar-refractivity contribution in [2.75, 3.05) is 19.8 Å². The largest absolute Gasteiger partial charge is 0.497 e. The van der Waals surface area contributed by atoms with Gasteiger partial charge in [0.2, 0.25) is 0 Å². The Hall–Kier alpha value is -1.29. The van der Waals surface area contributed by atoms with Crippen molar-refractivity contribution in [2.45, 2.75) is 6.10 Å². The van der Waals surface area contributed by atoms with Gasteiger partial charge in [-0.1, -0.05) is 12.7 Å². The Labute approximate surface area is 76.8 Å². The van der Waals surface area contributed by atoms with Gasteiger partial charge in [0.1, 0.15) is 19.3 Å². The molecular weight excluding hydrogens is 172 g/mol.